The average Bonchev–Trinajstić information content (AvgIpc) is 2.36. The van der Waals surface area contributed by atoms with Crippen molar-refractivity contribution in [1.82, 2.24) is 4.98 Å². The zero-order valence-corrected chi connectivity index (χ0v) is 8.91. The number of nitro benzene ring substituents is 1. The Bertz CT molecular complexity index is 609. The van der Waals surface area contributed by atoms with Crippen molar-refractivity contribution in [3.8, 4) is 0 Å². The van der Waals surface area contributed by atoms with E-state index in [0.717, 1.165) is 0 Å². The van der Waals surface area contributed by atoms with Crippen molar-refractivity contribution in [1.29, 1.82) is 0 Å². The van der Waals surface area contributed by atoms with Gasteiger partial charge in [0.2, 0.25) is 0 Å². The Labute approximate surface area is 96.0 Å². The summed E-state index contributed by atoms with van der Waals surface area (Å²) in [4.78, 5) is 25.5. The lowest BCUT2D eigenvalue weighted by atomic mass is 10.1. The summed E-state index contributed by atoms with van der Waals surface area (Å²) >= 11 is 0. The standard InChI is InChI=1S/C11H8N2O4/c1-17-11(14)9-5-8-7(6-12-9)3-2-4-10(8)13(15)16/h2-6H,1H3. The summed E-state index contributed by atoms with van der Waals surface area (Å²) in [5.41, 5.74) is -0.00986. The minimum absolute atomic E-state index is 0.0503. The van der Waals surface area contributed by atoms with Gasteiger partial charge in [0.25, 0.3) is 5.69 Å². The molecule has 2 aromatic rings. The Hall–Kier alpha value is -2.50. The van der Waals surface area contributed by atoms with Crippen molar-refractivity contribution in [3.05, 3.63) is 46.3 Å². The maximum atomic E-state index is 11.3. The lowest BCUT2D eigenvalue weighted by Crippen LogP contribution is -2.04. The van der Waals surface area contributed by atoms with Gasteiger partial charge in [0, 0.05) is 17.6 Å². The number of ether oxygens (including phenoxy) is 1. The molecule has 0 aliphatic carbocycles. The maximum absolute atomic E-state index is 11.3. The van der Waals surface area contributed by atoms with Crippen molar-refractivity contribution in [2.75, 3.05) is 7.11 Å². The average molecular weight is 232 g/mol. The topological polar surface area (TPSA) is 82.3 Å². The molecule has 0 unspecified atom stereocenters. The molecular formula is C11H8N2O4. The molecule has 0 fully saturated rings. The van der Waals surface area contributed by atoms with Gasteiger partial charge < -0.3 is 4.74 Å². The van der Waals surface area contributed by atoms with Crippen LogP contribution in [0, 0.1) is 10.1 Å². The van der Waals surface area contributed by atoms with Crippen molar-refractivity contribution in [2.24, 2.45) is 0 Å². The third-order valence-corrected chi connectivity index (χ3v) is 2.33. The van der Waals surface area contributed by atoms with E-state index in [2.05, 4.69) is 9.72 Å². The van der Waals surface area contributed by atoms with Crippen molar-refractivity contribution >= 4 is 22.4 Å². The fourth-order valence-corrected chi connectivity index (χ4v) is 1.53. The Kier molecular flexibility index (Phi) is 2.70. The number of nitro groups is 1. The SMILES string of the molecule is COC(=O)c1cc2c([N+](=O)[O-])cccc2cn1. The number of nitrogens with zero attached hydrogens (tertiary/aromatic N) is 2. The molecule has 0 aliphatic heterocycles. The molecule has 1 aromatic carbocycles. The van der Waals surface area contributed by atoms with E-state index in [1.165, 1.54) is 25.4 Å². The van der Waals surface area contributed by atoms with Crippen LogP contribution in [0.15, 0.2) is 30.5 Å². The van der Waals surface area contributed by atoms with E-state index in [1.54, 1.807) is 12.1 Å². The number of non-ortho nitro benzene ring substituents is 1. The van der Waals surface area contributed by atoms with E-state index in [-0.39, 0.29) is 11.4 Å². The number of hydrogen-bond acceptors (Lipinski definition) is 5. The normalized spacial score (nSPS) is 10.2. The summed E-state index contributed by atoms with van der Waals surface area (Å²) in [6.07, 6.45) is 1.41. The van der Waals surface area contributed by atoms with Crippen LogP contribution in [0.2, 0.25) is 0 Å². The summed E-state index contributed by atoms with van der Waals surface area (Å²) in [7, 11) is 1.23. The van der Waals surface area contributed by atoms with Crippen LogP contribution in [-0.4, -0.2) is 23.0 Å². The molecule has 6 nitrogen and oxygen atoms in total. The van der Waals surface area contributed by atoms with Crippen molar-refractivity contribution < 1.29 is 14.5 Å². The minimum Gasteiger partial charge on any atom is -0.464 e. The van der Waals surface area contributed by atoms with E-state index in [9.17, 15) is 14.9 Å². The molecule has 0 atom stereocenters. The van der Waals surface area contributed by atoms with E-state index < -0.39 is 10.9 Å². The molecule has 17 heavy (non-hydrogen) atoms. The molecule has 0 radical (unpaired) electrons. The van der Waals surface area contributed by atoms with E-state index in [1.807, 2.05) is 0 Å². The first-order chi connectivity index (χ1) is 8.13. The fraction of sp³-hybridized carbons (Fsp3) is 0.0909. The molecule has 6 heteroatoms. The monoisotopic (exact) mass is 232 g/mol. The van der Waals surface area contributed by atoms with E-state index in [4.69, 9.17) is 0 Å². The first kappa shape index (κ1) is 11.0. The summed E-state index contributed by atoms with van der Waals surface area (Å²) in [6, 6.07) is 6.00. The molecule has 2 rings (SSSR count). The molecular weight excluding hydrogens is 224 g/mol. The lowest BCUT2D eigenvalue weighted by molar-refractivity contribution is -0.383. The summed E-state index contributed by atoms with van der Waals surface area (Å²) < 4.78 is 4.51. The Morgan fingerprint density at radius 1 is 1.47 bits per heavy atom. The molecule has 0 saturated carbocycles. The molecule has 0 aliphatic rings. The van der Waals surface area contributed by atoms with Crippen LogP contribution in [0.25, 0.3) is 10.8 Å². The number of fused-ring (bicyclic) bond motifs is 1. The molecule has 0 amide bonds. The number of benzene rings is 1. The summed E-state index contributed by atoms with van der Waals surface area (Å²) in [5, 5.41) is 11.8. The number of esters is 1. The fourth-order valence-electron chi connectivity index (χ4n) is 1.53. The highest BCUT2D eigenvalue weighted by molar-refractivity contribution is 5.96. The van der Waals surface area contributed by atoms with Gasteiger partial charge >= 0.3 is 5.97 Å². The van der Waals surface area contributed by atoms with Gasteiger partial charge in [-0.25, -0.2) is 9.78 Å². The molecule has 0 spiro atoms. The highest BCUT2D eigenvalue weighted by Crippen LogP contribution is 2.25. The number of aromatic nitrogens is 1. The number of methoxy groups -OCH3 is 1. The molecule has 0 saturated heterocycles. The van der Waals surface area contributed by atoms with Gasteiger partial charge in [0.1, 0.15) is 5.69 Å². The van der Waals surface area contributed by atoms with Crippen LogP contribution in [0.4, 0.5) is 5.69 Å². The number of carbonyl (C=O) groups excluding carboxylic acids is 1. The minimum atomic E-state index is -0.620. The van der Waals surface area contributed by atoms with Gasteiger partial charge in [-0.3, -0.25) is 10.1 Å². The van der Waals surface area contributed by atoms with Crippen LogP contribution in [0.3, 0.4) is 0 Å². The number of carbonyl (C=O) groups is 1. The van der Waals surface area contributed by atoms with Gasteiger partial charge in [-0.05, 0) is 6.07 Å². The Morgan fingerprint density at radius 3 is 2.88 bits per heavy atom. The summed E-state index contributed by atoms with van der Waals surface area (Å²) in [5.74, 6) is -0.620. The maximum Gasteiger partial charge on any atom is 0.356 e. The Morgan fingerprint density at radius 2 is 2.24 bits per heavy atom. The van der Waals surface area contributed by atoms with Crippen LogP contribution in [0.1, 0.15) is 10.5 Å². The zero-order chi connectivity index (χ0) is 12.4. The number of hydrogen-bond donors (Lipinski definition) is 0. The second-order valence-corrected chi connectivity index (χ2v) is 3.32. The van der Waals surface area contributed by atoms with Gasteiger partial charge in [0.15, 0.2) is 0 Å². The molecule has 0 bridgehead atoms. The van der Waals surface area contributed by atoms with Gasteiger partial charge in [-0.15, -0.1) is 0 Å². The number of rotatable bonds is 2. The second kappa shape index (κ2) is 4.17. The van der Waals surface area contributed by atoms with E-state index >= 15 is 0 Å². The highest BCUT2D eigenvalue weighted by atomic mass is 16.6. The predicted molar refractivity (Wildman–Crippen MR) is 59.7 cm³/mol. The molecule has 1 aromatic heterocycles. The van der Waals surface area contributed by atoms with Crippen LogP contribution in [0.5, 0.6) is 0 Å². The van der Waals surface area contributed by atoms with Crippen LogP contribution >= 0.6 is 0 Å². The lowest BCUT2D eigenvalue weighted by Gasteiger charge is -2.01. The number of pyridine rings is 1. The molecule has 1 heterocycles. The van der Waals surface area contributed by atoms with Crippen LogP contribution < -0.4 is 0 Å². The zero-order valence-electron chi connectivity index (χ0n) is 8.91. The smallest absolute Gasteiger partial charge is 0.356 e. The van der Waals surface area contributed by atoms with Gasteiger partial charge in [-0.1, -0.05) is 12.1 Å². The van der Waals surface area contributed by atoms with Crippen molar-refractivity contribution in [3.63, 3.8) is 0 Å². The highest BCUT2D eigenvalue weighted by Gasteiger charge is 2.14. The third-order valence-electron chi connectivity index (χ3n) is 2.33. The summed E-state index contributed by atoms with van der Waals surface area (Å²) in [6.45, 7) is 0. The molecule has 86 valence electrons. The van der Waals surface area contributed by atoms with Crippen molar-refractivity contribution in [2.45, 2.75) is 0 Å². The largest absolute Gasteiger partial charge is 0.464 e. The van der Waals surface area contributed by atoms with Gasteiger partial charge in [0.05, 0.1) is 17.4 Å². The molecule has 0 N–H and O–H groups in total. The van der Waals surface area contributed by atoms with Gasteiger partial charge in [-0.2, -0.15) is 0 Å². The second-order valence-electron chi connectivity index (χ2n) is 3.32. The third kappa shape index (κ3) is 1.92. The first-order valence-corrected chi connectivity index (χ1v) is 4.75. The predicted octanol–water partition coefficient (Wildman–Crippen LogP) is 1.93. The van der Waals surface area contributed by atoms with E-state index in [0.29, 0.717) is 10.8 Å². The first-order valence-electron chi connectivity index (χ1n) is 4.75. The Balaban J connectivity index is 2.70. The van der Waals surface area contributed by atoms with Crippen LogP contribution in [-0.2, 0) is 4.74 Å². The quantitative estimate of drug-likeness (QED) is 0.448.